The molecule has 0 unspecified atom stereocenters. The summed E-state index contributed by atoms with van der Waals surface area (Å²) in [5.74, 6) is 1.02. The van der Waals surface area contributed by atoms with Crippen molar-refractivity contribution >= 4 is 28.7 Å². The van der Waals surface area contributed by atoms with Gasteiger partial charge in [0.2, 0.25) is 0 Å². The first-order valence-electron chi connectivity index (χ1n) is 10.6. The van der Waals surface area contributed by atoms with E-state index >= 15 is 0 Å². The van der Waals surface area contributed by atoms with Gasteiger partial charge in [0, 0.05) is 18.0 Å². The minimum Gasteiger partial charge on any atom is -0.496 e. The van der Waals surface area contributed by atoms with Gasteiger partial charge < -0.3 is 19.4 Å². The van der Waals surface area contributed by atoms with E-state index < -0.39 is 11.0 Å². The molecule has 10 heteroatoms. The molecule has 4 aromatic rings. The minimum absolute atomic E-state index is 0.0829. The molecule has 1 fully saturated rings. The molecule has 2 aromatic carbocycles. The Balaban J connectivity index is 1.59. The first-order chi connectivity index (χ1) is 17.0. The van der Waals surface area contributed by atoms with Crippen LogP contribution in [0.1, 0.15) is 23.5 Å². The van der Waals surface area contributed by atoms with Crippen LogP contribution in [0.3, 0.4) is 0 Å². The number of hydrogen-bond donors (Lipinski definition) is 1. The summed E-state index contributed by atoms with van der Waals surface area (Å²) < 4.78 is 25.3. The largest absolute Gasteiger partial charge is 0.496 e. The molecule has 0 amide bonds. The van der Waals surface area contributed by atoms with Crippen LogP contribution in [0, 0.1) is 15.9 Å². The molecule has 3 heterocycles. The number of rotatable bonds is 6. The van der Waals surface area contributed by atoms with E-state index in [0.717, 1.165) is 5.69 Å². The van der Waals surface area contributed by atoms with Crippen molar-refractivity contribution in [1.82, 2.24) is 10.3 Å². The van der Waals surface area contributed by atoms with Crippen LogP contribution in [-0.2, 0) is 0 Å². The first kappa shape index (κ1) is 22.5. The third-order valence-corrected chi connectivity index (χ3v) is 6.10. The van der Waals surface area contributed by atoms with E-state index in [2.05, 4.69) is 10.3 Å². The van der Waals surface area contributed by atoms with Crippen LogP contribution in [0.2, 0.25) is 0 Å². The summed E-state index contributed by atoms with van der Waals surface area (Å²) in [6.07, 6.45) is 1.70. The summed E-state index contributed by atoms with van der Waals surface area (Å²) in [5.41, 5.74) is 1.94. The molecule has 176 valence electrons. The fraction of sp³-hybridized carbons (Fsp3) is 0.120. The molecule has 0 radical (unpaired) electrons. The van der Waals surface area contributed by atoms with Gasteiger partial charge >= 0.3 is 0 Å². The molecular formula is C25H19FN4O4S. The van der Waals surface area contributed by atoms with Gasteiger partial charge in [-0.1, -0.05) is 6.07 Å². The van der Waals surface area contributed by atoms with Gasteiger partial charge in [-0.3, -0.25) is 15.1 Å². The van der Waals surface area contributed by atoms with E-state index in [1.807, 2.05) is 29.2 Å². The highest BCUT2D eigenvalue weighted by atomic mass is 32.1. The van der Waals surface area contributed by atoms with Gasteiger partial charge in [-0.05, 0) is 66.8 Å². The standard InChI is InChI=1S/C25H19FN4O4S/c1-33-22-14-17(30(31)32)9-10-18(22)20-11-12-21(34-20)24-23(19-4-2-3-13-27-19)28-25(35)29(24)16-7-5-15(26)6-8-16/h2-14,23-24H,1H3,(H,28,35)/t23-,24-/m0/s1. The van der Waals surface area contributed by atoms with Crippen molar-refractivity contribution < 1.29 is 18.5 Å². The van der Waals surface area contributed by atoms with Crippen LogP contribution in [0.25, 0.3) is 11.3 Å². The molecule has 0 spiro atoms. The zero-order chi connectivity index (χ0) is 24.5. The quantitative estimate of drug-likeness (QED) is 0.213. The van der Waals surface area contributed by atoms with E-state index in [4.69, 9.17) is 21.4 Å². The van der Waals surface area contributed by atoms with Crippen LogP contribution in [0.5, 0.6) is 5.75 Å². The number of methoxy groups -OCH3 is 1. The van der Waals surface area contributed by atoms with Gasteiger partial charge in [0.1, 0.15) is 29.1 Å². The summed E-state index contributed by atoms with van der Waals surface area (Å²) in [6, 6.07) is 18.8. The van der Waals surface area contributed by atoms with Gasteiger partial charge in [0.25, 0.3) is 5.69 Å². The van der Waals surface area contributed by atoms with Crippen molar-refractivity contribution in [2.45, 2.75) is 12.1 Å². The number of halogens is 1. The summed E-state index contributed by atoms with van der Waals surface area (Å²) in [4.78, 5) is 17.0. The van der Waals surface area contributed by atoms with Gasteiger partial charge in [-0.15, -0.1) is 0 Å². The summed E-state index contributed by atoms with van der Waals surface area (Å²) in [5, 5.41) is 14.9. The first-order valence-corrected chi connectivity index (χ1v) is 11.1. The van der Waals surface area contributed by atoms with E-state index in [9.17, 15) is 14.5 Å². The number of hydrogen-bond acceptors (Lipinski definition) is 6. The zero-order valence-corrected chi connectivity index (χ0v) is 19.2. The smallest absolute Gasteiger partial charge is 0.273 e. The molecule has 1 aliphatic rings. The molecule has 2 atom stereocenters. The number of non-ortho nitro benzene ring substituents is 1. The highest BCUT2D eigenvalue weighted by molar-refractivity contribution is 7.80. The van der Waals surface area contributed by atoms with Crippen molar-refractivity contribution in [2.24, 2.45) is 0 Å². The lowest BCUT2D eigenvalue weighted by Gasteiger charge is -2.26. The number of nitro groups is 1. The molecule has 0 bridgehead atoms. The Hall–Kier alpha value is -4.31. The van der Waals surface area contributed by atoms with Crippen LogP contribution in [-0.4, -0.2) is 22.1 Å². The fourth-order valence-corrected chi connectivity index (χ4v) is 4.52. The number of thiocarbonyl (C=S) groups is 1. The average Bonchev–Trinajstić information content (AvgIpc) is 3.49. The lowest BCUT2D eigenvalue weighted by Crippen LogP contribution is -2.29. The Bertz CT molecular complexity index is 1390. The second kappa shape index (κ2) is 9.15. The second-order valence-corrected chi connectivity index (χ2v) is 8.20. The summed E-state index contributed by atoms with van der Waals surface area (Å²) in [7, 11) is 1.44. The van der Waals surface area contributed by atoms with Crippen LogP contribution >= 0.6 is 12.2 Å². The summed E-state index contributed by atoms with van der Waals surface area (Å²) in [6.45, 7) is 0. The molecule has 1 aliphatic heterocycles. The van der Waals surface area contributed by atoms with E-state index in [1.54, 1.807) is 30.5 Å². The van der Waals surface area contributed by atoms with E-state index in [0.29, 0.717) is 33.6 Å². The topological polar surface area (TPSA) is 93.7 Å². The zero-order valence-electron chi connectivity index (χ0n) is 18.4. The van der Waals surface area contributed by atoms with Gasteiger partial charge in [-0.25, -0.2) is 4.39 Å². The minimum atomic E-state index is -0.483. The second-order valence-electron chi connectivity index (χ2n) is 7.82. The number of pyridine rings is 1. The predicted molar refractivity (Wildman–Crippen MR) is 132 cm³/mol. The predicted octanol–water partition coefficient (Wildman–Crippen LogP) is 5.57. The SMILES string of the molecule is COc1cc([N+](=O)[O-])ccc1-c1ccc([C@H]2[C@H](c3ccccn3)NC(=S)N2c2ccc(F)cc2)o1. The molecule has 35 heavy (non-hydrogen) atoms. The molecule has 0 saturated carbocycles. The maximum Gasteiger partial charge on any atom is 0.273 e. The van der Waals surface area contributed by atoms with Gasteiger partial charge in [-0.2, -0.15) is 0 Å². The monoisotopic (exact) mass is 490 g/mol. The van der Waals surface area contributed by atoms with Crippen molar-refractivity contribution in [1.29, 1.82) is 0 Å². The number of anilines is 1. The summed E-state index contributed by atoms with van der Waals surface area (Å²) >= 11 is 5.66. The number of ether oxygens (including phenoxy) is 1. The Kier molecular flexibility index (Phi) is 5.87. The molecule has 2 aromatic heterocycles. The van der Waals surface area contributed by atoms with Crippen LogP contribution in [0.15, 0.2) is 83.4 Å². The third-order valence-electron chi connectivity index (χ3n) is 5.78. The Morgan fingerprint density at radius 2 is 1.94 bits per heavy atom. The number of aromatic nitrogens is 1. The lowest BCUT2D eigenvalue weighted by molar-refractivity contribution is -0.384. The van der Waals surface area contributed by atoms with E-state index in [-0.39, 0.29) is 17.5 Å². The van der Waals surface area contributed by atoms with Crippen LogP contribution in [0.4, 0.5) is 15.8 Å². The van der Waals surface area contributed by atoms with Crippen molar-refractivity contribution in [3.63, 3.8) is 0 Å². The van der Waals surface area contributed by atoms with E-state index in [1.165, 1.54) is 31.4 Å². The van der Waals surface area contributed by atoms with Gasteiger partial charge in [0.05, 0.1) is 35.4 Å². The molecule has 1 saturated heterocycles. The number of nitrogens with zero attached hydrogens (tertiary/aromatic N) is 3. The molecule has 0 aliphatic carbocycles. The molecular weight excluding hydrogens is 471 g/mol. The highest BCUT2D eigenvalue weighted by Crippen LogP contribution is 2.44. The van der Waals surface area contributed by atoms with Gasteiger partial charge in [0.15, 0.2) is 5.11 Å². The van der Waals surface area contributed by atoms with Crippen LogP contribution < -0.4 is 15.0 Å². The normalized spacial score (nSPS) is 17.3. The molecule has 5 rings (SSSR count). The Morgan fingerprint density at radius 1 is 1.14 bits per heavy atom. The maximum atomic E-state index is 13.6. The fourth-order valence-electron chi connectivity index (χ4n) is 4.18. The number of furan rings is 1. The number of benzene rings is 2. The molecule has 1 N–H and O–H groups in total. The lowest BCUT2D eigenvalue weighted by atomic mass is 10.0. The number of nitro benzene ring substituents is 1. The Labute approximate surface area is 205 Å². The van der Waals surface area contributed by atoms with Crippen molar-refractivity contribution in [3.05, 3.63) is 106 Å². The van der Waals surface area contributed by atoms with Crippen molar-refractivity contribution in [3.8, 4) is 17.1 Å². The highest BCUT2D eigenvalue weighted by Gasteiger charge is 2.42. The number of nitrogens with one attached hydrogen (secondary N) is 1. The third kappa shape index (κ3) is 4.19. The van der Waals surface area contributed by atoms with Crippen molar-refractivity contribution in [2.75, 3.05) is 12.0 Å². The Morgan fingerprint density at radius 3 is 2.63 bits per heavy atom. The average molecular weight is 491 g/mol. The maximum absolute atomic E-state index is 13.6. The molecule has 8 nitrogen and oxygen atoms in total.